The second-order valence-electron chi connectivity index (χ2n) is 2.59. The van der Waals surface area contributed by atoms with Crippen molar-refractivity contribution in [3.05, 3.63) is 12.7 Å². The summed E-state index contributed by atoms with van der Waals surface area (Å²) < 4.78 is 5.31. The van der Waals surface area contributed by atoms with E-state index in [1.54, 1.807) is 6.92 Å². The Labute approximate surface area is 68.2 Å². The summed E-state index contributed by atoms with van der Waals surface area (Å²) in [4.78, 5) is 11.2. The first-order chi connectivity index (χ1) is 5.10. The molecule has 0 aromatic rings. The molecule has 0 bridgehead atoms. The molecule has 1 atom stereocenters. The minimum absolute atomic E-state index is 0.0400. The molecule has 11 heavy (non-hydrogen) atoms. The molecule has 0 aliphatic rings. The number of hydrogen-bond acceptors (Lipinski definition) is 2. The summed E-state index contributed by atoms with van der Waals surface area (Å²) in [5.74, 6) is -0.0400. The van der Waals surface area contributed by atoms with E-state index >= 15 is 0 Å². The van der Waals surface area contributed by atoms with Gasteiger partial charge in [-0.25, -0.2) is 0 Å². The Kier molecular flexibility index (Phi) is 4.04. The molecule has 64 valence electrons. The molecule has 0 heterocycles. The molecule has 0 aliphatic carbocycles. The molecular formula is C9H16O2. The zero-order valence-corrected chi connectivity index (χ0v) is 7.52. The van der Waals surface area contributed by atoms with Gasteiger partial charge in [0.15, 0.2) is 5.78 Å². The lowest BCUT2D eigenvalue weighted by atomic mass is 9.97. The van der Waals surface area contributed by atoms with Crippen molar-refractivity contribution in [1.82, 2.24) is 0 Å². The number of ketones is 1. The van der Waals surface area contributed by atoms with E-state index < -0.39 is 5.60 Å². The Morgan fingerprint density at radius 1 is 1.64 bits per heavy atom. The summed E-state index contributed by atoms with van der Waals surface area (Å²) in [5.41, 5.74) is -0.656. The maximum Gasteiger partial charge on any atom is 0.186 e. The Balaban J connectivity index is 4.31. The monoisotopic (exact) mass is 156 g/mol. The quantitative estimate of drug-likeness (QED) is 0.569. The van der Waals surface area contributed by atoms with E-state index in [1.807, 2.05) is 13.8 Å². The van der Waals surface area contributed by atoms with Crippen molar-refractivity contribution in [3.8, 4) is 0 Å². The van der Waals surface area contributed by atoms with E-state index in [1.165, 1.54) is 6.08 Å². The molecular weight excluding hydrogens is 140 g/mol. The molecule has 0 radical (unpaired) electrons. The second kappa shape index (κ2) is 4.29. The third-order valence-electron chi connectivity index (χ3n) is 1.84. The molecule has 2 nitrogen and oxygen atoms in total. The molecule has 1 unspecified atom stereocenters. The fourth-order valence-electron chi connectivity index (χ4n) is 0.882. The van der Waals surface area contributed by atoms with Gasteiger partial charge in [0.25, 0.3) is 0 Å². The Morgan fingerprint density at radius 2 is 2.18 bits per heavy atom. The second-order valence-corrected chi connectivity index (χ2v) is 2.59. The van der Waals surface area contributed by atoms with Gasteiger partial charge in [0.1, 0.15) is 5.60 Å². The van der Waals surface area contributed by atoms with Gasteiger partial charge in [-0.1, -0.05) is 13.5 Å². The summed E-state index contributed by atoms with van der Waals surface area (Å²) in [6.45, 7) is 9.59. The molecule has 0 N–H and O–H groups in total. The van der Waals surface area contributed by atoms with E-state index in [2.05, 4.69) is 6.58 Å². The summed E-state index contributed by atoms with van der Waals surface area (Å²) >= 11 is 0. The number of hydrogen-bond donors (Lipinski definition) is 0. The van der Waals surface area contributed by atoms with Gasteiger partial charge < -0.3 is 4.74 Å². The average molecular weight is 156 g/mol. The first kappa shape index (κ1) is 10.4. The summed E-state index contributed by atoms with van der Waals surface area (Å²) in [7, 11) is 0. The van der Waals surface area contributed by atoms with Crippen molar-refractivity contribution < 1.29 is 9.53 Å². The SMILES string of the molecule is C=CC(=O)C(C)(CC)OCC. The van der Waals surface area contributed by atoms with Crippen LogP contribution >= 0.6 is 0 Å². The molecule has 0 aromatic carbocycles. The number of ether oxygens (including phenoxy) is 1. The van der Waals surface area contributed by atoms with Crippen LogP contribution in [0.3, 0.4) is 0 Å². The van der Waals surface area contributed by atoms with Crippen LogP contribution in [0.5, 0.6) is 0 Å². The van der Waals surface area contributed by atoms with Crippen molar-refractivity contribution in [3.63, 3.8) is 0 Å². The number of carbonyl (C=O) groups is 1. The third kappa shape index (κ3) is 2.46. The van der Waals surface area contributed by atoms with Crippen LogP contribution in [-0.2, 0) is 9.53 Å². The normalized spacial score (nSPS) is 15.5. The Bertz CT molecular complexity index is 152. The molecule has 0 saturated carbocycles. The van der Waals surface area contributed by atoms with Gasteiger partial charge in [0.2, 0.25) is 0 Å². The van der Waals surface area contributed by atoms with E-state index in [9.17, 15) is 4.79 Å². The first-order valence-corrected chi connectivity index (χ1v) is 3.91. The van der Waals surface area contributed by atoms with Crippen molar-refractivity contribution in [2.24, 2.45) is 0 Å². The zero-order chi connectivity index (χ0) is 8.91. The standard InChI is InChI=1S/C9H16O2/c1-5-8(10)9(4,6-2)11-7-3/h5H,1,6-7H2,2-4H3. The van der Waals surface area contributed by atoms with Gasteiger partial charge in [-0.05, 0) is 26.3 Å². The topological polar surface area (TPSA) is 26.3 Å². The van der Waals surface area contributed by atoms with Crippen LogP contribution < -0.4 is 0 Å². The molecule has 0 aliphatic heterocycles. The van der Waals surface area contributed by atoms with Crippen molar-refractivity contribution in [2.75, 3.05) is 6.61 Å². The van der Waals surface area contributed by atoms with Crippen LogP contribution in [0.4, 0.5) is 0 Å². The fraction of sp³-hybridized carbons (Fsp3) is 0.667. The van der Waals surface area contributed by atoms with E-state index in [4.69, 9.17) is 4.74 Å². The van der Waals surface area contributed by atoms with Crippen molar-refractivity contribution in [1.29, 1.82) is 0 Å². The Hall–Kier alpha value is -0.630. The highest BCUT2D eigenvalue weighted by Crippen LogP contribution is 2.16. The van der Waals surface area contributed by atoms with Gasteiger partial charge in [-0.2, -0.15) is 0 Å². The lowest BCUT2D eigenvalue weighted by Crippen LogP contribution is -2.36. The van der Waals surface area contributed by atoms with Gasteiger partial charge in [-0.15, -0.1) is 0 Å². The van der Waals surface area contributed by atoms with Crippen LogP contribution in [0.15, 0.2) is 12.7 Å². The van der Waals surface area contributed by atoms with E-state index in [-0.39, 0.29) is 5.78 Å². The van der Waals surface area contributed by atoms with E-state index in [0.717, 1.165) is 0 Å². The molecule has 0 aromatic heterocycles. The maximum absolute atomic E-state index is 11.2. The van der Waals surface area contributed by atoms with Crippen molar-refractivity contribution >= 4 is 5.78 Å². The smallest absolute Gasteiger partial charge is 0.186 e. The largest absolute Gasteiger partial charge is 0.367 e. The van der Waals surface area contributed by atoms with Gasteiger partial charge >= 0.3 is 0 Å². The van der Waals surface area contributed by atoms with Crippen LogP contribution in [0.2, 0.25) is 0 Å². The summed E-state index contributed by atoms with van der Waals surface area (Å²) in [5, 5.41) is 0. The highest BCUT2D eigenvalue weighted by atomic mass is 16.5. The molecule has 0 amide bonds. The summed E-state index contributed by atoms with van der Waals surface area (Å²) in [6.07, 6.45) is 2.00. The highest BCUT2D eigenvalue weighted by molar-refractivity contribution is 5.96. The molecule has 0 saturated heterocycles. The maximum atomic E-state index is 11.2. The number of rotatable bonds is 5. The Morgan fingerprint density at radius 3 is 2.45 bits per heavy atom. The van der Waals surface area contributed by atoms with Gasteiger partial charge in [0, 0.05) is 6.61 Å². The molecule has 0 fully saturated rings. The lowest BCUT2D eigenvalue weighted by Gasteiger charge is -2.24. The van der Waals surface area contributed by atoms with Crippen LogP contribution in [0.25, 0.3) is 0 Å². The predicted octanol–water partition coefficient (Wildman–Crippen LogP) is 1.95. The van der Waals surface area contributed by atoms with Crippen LogP contribution in [-0.4, -0.2) is 18.0 Å². The minimum Gasteiger partial charge on any atom is -0.367 e. The molecule has 0 rings (SSSR count). The summed E-state index contributed by atoms with van der Waals surface area (Å²) in [6, 6.07) is 0. The lowest BCUT2D eigenvalue weighted by molar-refractivity contribution is -0.137. The molecule has 2 heteroatoms. The predicted molar refractivity (Wildman–Crippen MR) is 45.5 cm³/mol. The minimum atomic E-state index is -0.656. The first-order valence-electron chi connectivity index (χ1n) is 3.91. The van der Waals surface area contributed by atoms with Gasteiger partial charge in [0.05, 0.1) is 0 Å². The zero-order valence-electron chi connectivity index (χ0n) is 7.52. The molecule has 0 spiro atoms. The fourth-order valence-corrected chi connectivity index (χ4v) is 0.882. The third-order valence-corrected chi connectivity index (χ3v) is 1.84. The van der Waals surface area contributed by atoms with Crippen LogP contribution in [0, 0.1) is 0 Å². The average Bonchev–Trinajstić information content (AvgIpc) is 2.03. The van der Waals surface area contributed by atoms with E-state index in [0.29, 0.717) is 13.0 Å². The number of carbonyl (C=O) groups excluding carboxylic acids is 1. The van der Waals surface area contributed by atoms with Crippen LogP contribution in [0.1, 0.15) is 27.2 Å². The van der Waals surface area contributed by atoms with Crippen molar-refractivity contribution in [2.45, 2.75) is 32.8 Å². The van der Waals surface area contributed by atoms with Gasteiger partial charge in [-0.3, -0.25) is 4.79 Å². The highest BCUT2D eigenvalue weighted by Gasteiger charge is 2.28.